The van der Waals surface area contributed by atoms with Crippen LogP contribution in [0.4, 0.5) is 0 Å². The molecule has 0 aliphatic rings. The lowest BCUT2D eigenvalue weighted by atomic mass is 10.1. The van der Waals surface area contributed by atoms with E-state index < -0.39 is 0 Å². The van der Waals surface area contributed by atoms with Crippen LogP contribution in [-0.4, -0.2) is 38.4 Å². The second kappa shape index (κ2) is 6.08. The number of fused-ring (bicyclic) bond motifs is 1. The first kappa shape index (κ1) is 15.0. The average molecular weight is 314 g/mol. The lowest BCUT2D eigenvalue weighted by molar-refractivity contribution is 0.356. The van der Waals surface area contributed by atoms with E-state index in [1.165, 1.54) is 0 Å². The summed E-state index contributed by atoms with van der Waals surface area (Å²) in [6, 6.07) is 9.35. The van der Waals surface area contributed by atoms with Crippen molar-refractivity contribution in [1.29, 1.82) is 0 Å². The number of benzene rings is 2. The maximum Gasteiger partial charge on any atom is 0.171 e. The van der Waals surface area contributed by atoms with Crippen molar-refractivity contribution in [2.45, 2.75) is 0 Å². The number of nitrogens with zero attached hydrogens (tertiary/aromatic N) is 1. The summed E-state index contributed by atoms with van der Waals surface area (Å²) in [5, 5.41) is 0. The van der Waals surface area contributed by atoms with Crippen LogP contribution in [0.15, 0.2) is 30.3 Å². The maximum atomic E-state index is 5.47. The topological polar surface area (TPSA) is 65.6 Å². The van der Waals surface area contributed by atoms with Crippen molar-refractivity contribution in [3.8, 4) is 34.4 Å². The number of hydrogen-bond acceptors (Lipinski definition) is 5. The molecule has 0 atom stereocenters. The highest BCUT2D eigenvalue weighted by atomic mass is 16.5. The Hall–Kier alpha value is -2.89. The quantitative estimate of drug-likeness (QED) is 0.783. The van der Waals surface area contributed by atoms with Crippen LogP contribution in [-0.2, 0) is 0 Å². The molecule has 2 aromatic carbocycles. The Morgan fingerprint density at radius 2 is 1.52 bits per heavy atom. The van der Waals surface area contributed by atoms with Crippen molar-refractivity contribution in [2.75, 3.05) is 28.4 Å². The summed E-state index contributed by atoms with van der Waals surface area (Å²) in [5.74, 6) is 3.25. The minimum Gasteiger partial charge on any atom is -0.493 e. The monoisotopic (exact) mass is 314 g/mol. The van der Waals surface area contributed by atoms with Crippen molar-refractivity contribution in [3.05, 3.63) is 30.3 Å². The molecule has 0 spiro atoms. The van der Waals surface area contributed by atoms with E-state index in [-0.39, 0.29) is 0 Å². The zero-order valence-electron chi connectivity index (χ0n) is 13.5. The molecule has 3 rings (SSSR count). The van der Waals surface area contributed by atoms with Crippen LogP contribution >= 0.6 is 0 Å². The van der Waals surface area contributed by atoms with Gasteiger partial charge in [-0.1, -0.05) is 6.07 Å². The molecule has 1 aromatic heterocycles. The summed E-state index contributed by atoms with van der Waals surface area (Å²) in [5.41, 5.74) is 2.45. The largest absolute Gasteiger partial charge is 0.493 e. The minimum absolute atomic E-state index is 0.632. The third-order valence-electron chi connectivity index (χ3n) is 3.65. The number of imidazole rings is 1. The van der Waals surface area contributed by atoms with E-state index in [2.05, 4.69) is 9.97 Å². The Balaban J connectivity index is 2.18. The highest BCUT2D eigenvalue weighted by Gasteiger charge is 2.16. The van der Waals surface area contributed by atoms with E-state index in [0.29, 0.717) is 28.8 Å². The summed E-state index contributed by atoms with van der Waals surface area (Å²) in [6.07, 6.45) is 0. The van der Waals surface area contributed by atoms with E-state index in [0.717, 1.165) is 16.6 Å². The third-order valence-corrected chi connectivity index (χ3v) is 3.65. The zero-order chi connectivity index (χ0) is 16.4. The van der Waals surface area contributed by atoms with Gasteiger partial charge in [0.15, 0.2) is 23.0 Å². The molecule has 6 heteroatoms. The van der Waals surface area contributed by atoms with Gasteiger partial charge in [-0.15, -0.1) is 0 Å². The van der Waals surface area contributed by atoms with Gasteiger partial charge in [-0.25, -0.2) is 4.98 Å². The number of nitrogens with one attached hydrogen (secondary N) is 1. The lowest BCUT2D eigenvalue weighted by Crippen LogP contribution is -1.93. The summed E-state index contributed by atoms with van der Waals surface area (Å²) >= 11 is 0. The second-order valence-electron chi connectivity index (χ2n) is 4.85. The Morgan fingerprint density at radius 3 is 2.17 bits per heavy atom. The Morgan fingerprint density at radius 1 is 0.826 bits per heavy atom. The van der Waals surface area contributed by atoms with Crippen LogP contribution in [0.2, 0.25) is 0 Å². The van der Waals surface area contributed by atoms with Gasteiger partial charge in [-0.2, -0.15) is 0 Å². The molecule has 3 aromatic rings. The van der Waals surface area contributed by atoms with E-state index in [1.54, 1.807) is 28.4 Å². The van der Waals surface area contributed by atoms with Gasteiger partial charge in [0, 0.05) is 12.1 Å². The molecule has 0 aliphatic heterocycles. The van der Waals surface area contributed by atoms with Gasteiger partial charge >= 0.3 is 0 Å². The van der Waals surface area contributed by atoms with Crippen LogP contribution in [0, 0.1) is 0 Å². The van der Waals surface area contributed by atoms with Crippen LogP contribution in [0.1, 0.15) is 0 Å². The van der Waals surface area contributed by atoms with Gasteiger partial charge in [0.05, 0.1) is 45.0 Å². The van der Waals surface area contributed by atoms with Gasteiger partial charge < -0.3 is 23.9 Å². The van der Waals surface area contributed by atoms with E-state index >= 15 is 0 Å². The Kier molecular flexibility index (Phi) is 3.97. The fourth-order valence-electron chi connectivity index (χ4n) is 2.54. The standard InChI is InChI=1S/C17H18N2O4/c1-20-13-7-5-6-10(16(13)23-4)17-18-11-8-14(21-2)15(22-3)9-12(11)19-17/h5-9H,1-4H3,(H,18,19). The smallest absolute Gasteiger partial charge is 0.171 e. The molecule has 0 unspecified atom stereocenters. The van der Waals surface area contributed by atoms with E-state index in [1.807, 2.05) is 30.3 Å². The molecule has 0 aliphatic carbocycles. The average Bonchev–Trinajstić information content (AvgIpc) is 3.02. The minimum atomic E-state index is 0.632. The molecule has 6 nitrogen and oxygen atoms in total. The SMILES string of the molecule is COc1cc2nc(-c3cccc(OC)c3OC)[nH]c2cc1OC. The number of aromatic amines is 1. The molecule has 23 heavy (non-hydrogen) atoms. The summed E-state index contributed by atoms with van der Waals surface area (Å²) in [4.78, 5) is 7.91. The molecule has 120 valence electrons. The highest BCUT2D eigenvalue weighted by Crippen LogP contribution is 2.38. The number of para-hydroxylation sites is 1. The molecule has 0 fully saturated rings. The van der Waals surface area contributed by atoms with Crippen LogP contribution < -0.4 is 18.9 Å². The van der Waals surface area contributed by atoms with Crippen molar-refractivity contribution >= 4 is 11.0 Å². The van der Waals surface area contributed by atoms with Gasteiger partial charge in [0.2, 0.25) is 0 Å². The van der Waals surface area contributed by atoms with Crippen molar-refractivity contribution in [3.63, 3.8) is 0 Å². The fraction of sp³-hybridized carbons (Fsp3) is 0.235. The van der Waals surface area contributed by atoms with Gasteiger partial charge in [-0.3, -0.25) is 0 Å². The van der Waals surface area contributed by atoms with E-state index in [9.17, 15) is 0 Å². The fourth-order valence-corrected chi connectivity index (χ4v) is 2.54. The van der Waals surface area contributed by atoms with Gasteiger partial charge in [0.25, 0.3) is 0 Å². The first-order valence-corrected chi connectivity index (χ1v) is 7.05. The van der Waals surface area contributed by atoms with Gasteiger partial charge in [0.1, 0.15) is 5.82 Å². The highest BCUT2D eigenvalue weighted by molar-refractivity contribution is 5.84. The van der Waals surface area contributed by atoms with Crippen LogP contribution in [0.3, 0.4) is 0 Å². The predicted molar refractivity (Wildman–Crippen MR) is 87.7 cm³/mol. The summed E-state index contributed by atoms with van der Waals surface area (Å²) in [7, 11) is 6.42. The van der Waals surface area contributed by atoms with Crippen LogP contribution in [0.5, 0.6) is 23.0 Å². The Bertz CT molecular complexity index is 801. The molecule has 0 saturated heterocycles. The van der Waals surface area contributed by atoms with Crippen molar-refractivity contribution in [2.24, 2.45) is 0 Å². The predicted octanol–water partition coefficient (Wildman–Crippen LogP) is 3.26. The number of methoxy groups -OCH3 is 4. The number of ether oxygens (including phenoxy) is 4. The van der Waals surface area contributed by atoms with Crippen molar-refractivity contribution in [1.82, 2.24) is 9.97 Å². The zero-order valence-corrected chi connectivity index (χ0v) is 13.5. The van der Waals surface area contributed by atoms with Gasteiger partial charge in [-0.05, 0) is 12.1 Å². The molecule has 0 amide bonds. The number of H-pyrrole nitrogens is 1. The molecule has 1 heterocycles. The molecule has 1 N–H and O–H groups in total. The molecular formula is C17H18N2O4. The number of hydrogen-bond donors (Lipinski definition) is 1. The second-order valence-corrected chi connectivity index (χ2v) is 4.85. The lowest BCUT2D eigenvalue weighted by Gasteiger charge is -2.10. The summed E-state index contributed by atoms with van der Waals surface area (Å²) < 4.78 is 21.5. The normalized spacial score (nSPS) is 10.6. The van der Waals surface area contributed by atoms with E-state index in [4.69, 9.17) is 18.9 Å². The molecular weight excluding hydrogens is 296 g/mol. The maximum absolute atomic E-state index is 5.47. The Labute approximate surface area is 134 Å². The van der Waals surface area contributed by atoms with Crippen LogP contribution in [0.25, 0.3) is 22.4 Å². The summed E-state index contributed by atoms with van der Waals surface area (Å²) in [6.45, 7) is 0. The molecule has 0 radical (unpaired) electrons. The number of rotatable bonds is 5. The molecule has 0 bridgehead atoms. The first-order valence-electron chi connectivity index (χ1n) is 7.05. The first-order chi connectivity index (χ1) is 11.2. The third kappa shape index (κ3) is 2.52. The number of aromatic nitrogens is 2. The molecule has 0 saturated carbocycles. The van der Waals surface area contributed by atoms with Crippen molar-refractivity contribution < 1.29 is 18.9 Å².